The topological polar surface area (TPSA) is 475 Å². The first-order valence-electron chi connectivity index (χ1n) is 39.3. The Morgan fingerprint density at radius 3 is 1.09 bits per heavy atom. The minimum atomic E-state index is -0.964. The molecule has 0 aliphatic heterocycles. The van der Waals surface area contributed by atoms with Gasteiger partial charge in [-0.2, -0.15) is 0 Å². The number of hydrogen-bond donors (Lipinski definition) is 15. The average molecular weight is 1700 g/mol. The Balaban J connectivity index is 0.000000275. The van der Waals surface area contributed by atoms with Gasteiger partial charge in [-0.3, -0.25) is 52.7 Å². The van der Waals surface area contributed by atoms with Gasteiger partial charge < -0.3 is 94.8 Å². The van der Waals surface area contributed by atoms with E-state index in [1.54, 1.807) is 228 Å². The molecule has 0 radical (unpaired) electrons. The van der Waals surface area contributed by atoms with Gasteiger partial charge in [0.25, 0.3) is 23.6 Å². The summed E-state index contributed by atoms with van der Waals surface area (Å²) in [6, 6.07) is 52.9. The van der Waals surface area contributed by atoms with E-state index in [0.29, 0.717) is 96.1 Å². The molecule has 0 bridgehead atoms. The predicted octanol–water partition coefficient (Wildman–Crippen LogP) is 15.2. The van der Waals surface area contributed by atoms with Gasteiger partial charge >= 0.3 is 18.2 Å². The molecule has 0 spiro atoms. The Morgan fingerprint density at radius 2 is 0.744 bits per heavy atom. The molecule has 1 aliphatic rings. The average Bonchev–Trinajstić information content (AvgIpc) is 0.819. The minimum Gasteiger partial charge on any atom is -0.444 e. The number of nitrogens with two attached hydrogens (primary N) is 2. The number of alkyl carbamates (subject to hydrolysis) is 2. The molecular formula is C93H105N15O17. The highest BCUT2D eigenvalue weighted by Crippen LogP contribution is 2.41. The number of anilines is 12. The van der Waals surface area contributed by atoms with E-state index < -0.39 is 54.8 Å². The van der Waals surface area contributed by atoms with Crippen molar-refractivity contribution in [3.63, 3.8) is 0 Å². The molecule has 0 fully saturated rings. The van der Waals surface area contributed by atoms with Crippen LogP contribution in [0.3, 0.4) is 0 Å². The third kappa shape index (κ3) is 36.5. The third-order valence-electron chi connectivity index (χ3n) is 17.3. The predicted molar refractivity (Wildman–Crippen MR) is 486 cm³/mol. The van der Waals surface area contributed by atoms with E-state index in [9.17, 15) is 67.1 Å². The van der Waals surface area contributed by atoms with Crippen molar-refractivity contribution in [3.05, 3.63) is 275 Å². The third-order valence-corrected chi connectivity index (χ3v) is 17.3. The second-order valence-corrected chi connectivity index (χ2v) is 29.6. The van der Waals surface area contributed by atoms with Gasteiger partial charge in [-0.05, 0) is 223 Å². The Hall–Kier alpha value is -15.6. The largest absolute Gasteiger partial charge is 0.444 e. The molecule has 0 atom stereocenters. The number of benzene rings is 8. The smallest absolute Gasteiger partial charge is 0.410 e. The van der Waals surface area contributed by atoms with Crippen molar-refractivity contribution in [3.8, 4) is 0 Å². The SMILES string of the molecule is CC(=O)Nc1ccc(C(=O)Nc2ccccc2N)cc1.CC(=O)Nc1ccc(C(=O)Nc2ccccc2NC(=O)CN)cc1.CC(=O)Nc1ccc(C(=O)Nc2ccccc2NC(=O)CNC(=O)OC(C)(C)C)cc1.CC(=O)Nc1ccc(C(=O)Nc2ccccc2NC(=O)CNC(=O)OCOC(=O)/C=C(C)/C=C/C=C(C)/C=C/C2=C(C)CCCC2(C)C)cc1. The van der Waals surface area contributed by atoms with E-state index in [1.807, 2.05) is 19.1 Å². The fraction of sp³-hybridized carbons (Fsp3) is 0.226. The van der Waals surface area contributed by atoms with Crippen LogP contribution in [-0.4, -0.2) is 115 Å². The van der Waals surface area contributed by atoms with Crippen LogP contribution in [0.1, 0.15) is 144 Å². The van der Waals surface area contributed by atoms with Crippen molar-refractivity contribution in [1.29, 1.82) is 0 Å². The fourth-order valence-electron chi connectivity index (χ4n) is 11.4. The number of carbonyl (C=O) groups excluding carboxylic acids is 14. The summed E-state index contributed by atoms with van der Waals surface area (Å²) >= 11 is 0. The molecule has 125 heavy (non-hydrogen) atoms. The van der Waals surface area contributed by atoms with Crippen LogP contribution in [0.15, 0.2) is 253 Å². The van der Waals surface area contributed by atoms with Crippen LogP contribution in [0.4, 0.5) is 77.8 Å². The highest BCUT2D eigenvalue weighted by molar-refractivity contribution is 6.11. The molecule has 0 saturated carbocycles. The van der Waals surface area contributed by atoms with Crippen LogP contribution in [0.2, 0.25) is 0 Å². The molecule has 13 amide bonds. The molecule has 8 aromatic rings. The lowest BCUT2D eigenvalue weighted by Gasteiger charge is -2.32. The Kier molecular flexibility index (Phi) is 38.7. The highest BCUT2D eigenvalue weighted by atomic mass is 16.7. The monoisotopic (exact) mass is 1700 g/mol. The van der Waals surface area contributed by atoms with Gasteiger partial charge in [0.1, 0.15) is 18.7 Å². The summed E-state index contributed by atoms with van der Waals surface area (Å²) in [4.78, 5) is 166. The number of nitrogen functional groups attached to an aromatic ring is 1. The maximum Gasteiger partial charge on any atom is 0.410 e. The summed E-state index contributed by atoms with van der Waals surface area (Å²) in [7, 11) is 0. The minimum absolute atomic E-state index is 0.146. The van der Waals surface area contributed by atoms with Crippen LogP contribution in [0.5, 0.6) is 0 Å². The molecular weight excluding hydrogens is 1600 g/mol. The van der Waals surface area contributed by atoms with E-state index in [0.717, 1.165) is 12.0 Å². The molecule has 32 heteroatoms. The molecule has 0 aromatic heterocycles. The normalized spacial score (nSPS) is 12.0. The van der Waals surface area contributed by atoms with E-state index >= 15 is 0 Å². The second kappa shape index (κ2) is 49.2. The van der Waals surface area contributed by atoms with Gasteiger partial charge in [-0.25, -0.2) is 14.4 Å². The van der Waals surface area contributed by atoms with E-state index in [2.05, 4.69) is 102 Å². The number of allylic oxidation sites excluding steroid dienone is 9. The summed E-state index contributed by atoms with van der Waals surface area (Å²) < 4.78 is 14.9. The van der Waals surface area contributed by atoms with Crippen LogP contribution in [0.25, 0.3) is 0 Å². The molecule has 32 nitrogen and oxygen atoms in total. The van der Waals surface area contributed by atoms with Crippen molar-refractivity contribution in [2.24, 2.45) is 11.1 Å². The quantitative estimate of drug-likeness (QED) is 0.00747. The number of amides is 13. The van der Waals surface area contributed by atoms with Gasteiger partial charge in [-0.1, -0.05) is 104 Å². The number of para-hydroxylation sites is 8. The van der Waals surface area contributed by atoms with Crippen molar-refractivity contribution >= 4 is 151 Å². The zero-order valence-electron chi connectivity index (χ0n) is 71.5. The van der Waals surface area contributed by atoms with Crippen LogP contribution in [-0.2, 0) is 52.6 Å². The molecule has 8 aromatic carbocycles. The van der Waals surface area contributed by atoms with Gasteiger partial charge in [0.2, 0.25) is 48.1 Å². The van der Waals surface area contributed by atoms with Gasteiger partial charge in [0, 0.05) is 78.8 Å². The summed E-state index contributed by atoms with van der Waals surface area (Å²) in [6.07, 6.45) is 13.1. The molecule has 0 heterocycles. The summed E-state index contributed by atoms with van der Waals surface area (Å²) in [6.45, 7) is 19.8. The Labute approximate surface area is 724 Å². The number of nitrogens with one attached hydrogen (secondary N) is 13. The molecule has 9 rings (SSSR count). The number of hydrogen-bond acceptors (Lipinski definition) is 19. The summed E-state index contributed by atoms with van der Waals surface area (Å²) in [5.41, 5.74) is 22.5. The fourth-order valence-corrected chi connectivity index (χ4v) is 11.4. The number of carbonyl (C=O) groups is 14. The van der Waals surface area contributed by atoms with E-state index in [-0.39, 0.29) is 65.8 Å². The zero-order chi connectivity index (χ0) is 91.8. The van der Waals surface area contributed by atoms with Crippen molar-refractivity contribution in [2.45, 2.75) is 108 Å². The lowest BCUT2D eigenvalue weighted by Crippen LogP contribution is -2.37. The van der Waals surface area contributed by atoms with Gasteiger partial charge in [0.05, 0.1) is 52.0 Å². The van der Waals surface area contributed by atoms with Crippen LogP contribution in [0, 0.1) is 5.41 Å². The molecule has 654 valence electrons. The second-order valence-electron chi connectivity index (χ2n) is 29.6. The Bertz CT molecular complexity index is 5360. The molecule has 1 aliphatic carbocycles. The van der Waals surface area contributed by atoms with Crippen molar-refractivity contribution in [2.75, 3.05) is 90.6 Å². The van der Waals surface area contributed by atoms with Crippen LogP contribution < -0.4 is 80.6 Å². The van der Waals surface area contributed by atoms with Crippen molar-refractivity contribution < 1.29 is 81.3 Å². The standard InChI is InChI=1S/C39H46N4O7.C22H26N4O5.C17H18N4O3.C15H15N3O2/c1-26(16-21-32-28(3)13-10-22-39(32,5)6)11-9-12-27(2)23-36(46)49-25-50-38(48)40-24-35(45)42-33-14-7-8-15-34(33)43-37(47)30-17-19-31(20-18-30)41-29(4)44;1-14(27)24-16-11-9-15(10-12-16)20(29)26-18-8-6-5-7-17(18)25-19(28)13-23-21(30)31-22(2,3)4;1-11(22)19-13-8-6-12(7-9-13)17(24)21-15-5-3-2-4-14(15)20-16(23)10-18;1-10(19)17-12-8-6-11(7-9-12)15(20)18-14-5-3-2-4-13(14)16/h7-9,11-12,14-21,23H,10,13,22,24-25H2,1-6H3,(H,40,48)(H,41,44)(H,42,45)(H,43,47);5-12H,13H2,1-4H3,(H,23,30)(H,24,27)(H,25,28)(H,26,29);2-9H,10,18H2,1H3,(H,19,22)(H,20,23)(H,21,24);2-9H,16H2,1H3,(H,17,19)(H,18,20)/b12-9+,21-16+,26-11+,27-23+;;;. The van der Waals surface area contributed by atoms with Gasteiger partial charge in [0.15, 0.2) is 0 Å². The van der Waals surface area contributed by atoms with Crippen LogP contribution >= 0.6 is 0 Å². The molecule has 0 saturated heterocycles. The Morgan fingerprint density at radius 1 is 0.408 bits per heavy atom. The zero-order valence-corrected chi connectivity index (χ0v) is 71.5. The number of rotatable bonds is 27. The van der Waals surface area contributed by atoms with Crippen molar-refractivity contribution in [1.82, 2.24) is 10.6 Å². The van der Waals surface area contributed by atoms with E-state index in [1.165, 1.54) is 57.8 Å². The van der Waals surface area contributed by atoms with Gasteiger partial charge in [-0.15, -0.1) is 0 Å². The first kappa shape index (κ1) is 98.2. The molecule has 0 unspecified atom stereocenters. The first-order valence-corrected chi connectivity index (χ1v) is 39.3. The molecule has 17 N–H and O–H groups in total. The van der Waals surface area contributed by atoms with E-state index in [4.69, 9.17) is 25.7 Å². The maximum atomic E-state index is 12.7. The lowest BCUT2D eigenvalue weighted by molar-refractivity contribution is -0.146. The number of ether oxygens (including phenoxy) is 3. The maximum absolute atomic E-state index is 12.7. The summed E-state index contributed by atoms with van der Waals surface area (Å²) in [5.74, 6) is -4.28. The highest BCUT2D eigenvalue weighted by Gasteiger charge is 2.27. The lowest BCUT2D eigenvalue weighted by atomic mass is 9.72. The first-order chi connectivity index (χ1) is 59.3. The summed E-state index contributed by atoms with van der Waals surface area (Å²) in [5, 5.41) is 34.0. The number of esters is 1.